The van der Waals surface area contributed by atoms with E-state index in [9.17, 15) is 9.90 Å². The number of carbonyl (C=O) groups excluding carboxylic acids is 1. The van der Waals surface area contributed by atoms with Crippen molar-refractivity contribution in [3.05, 3.63) is 75.9 Å². The normalized spacial score (nSPS) is 29.1. The number of aliphatic hydroxyl groups is 1. The Morgan fingerprint density at radius 3 is 2.58 bits per heavy atom. The summed E-state index contributed by atoms with van der Waals surface area (Å²) in [5.74, 6) is -0.315. The number of nitrogens with one attached hydrogen (secondary N) is 1. The highest BCUT2D eigenvalue weighted by atomic mass is 35.5. The van der Waals surface area contributed by atoms with Crippen molar-refractivity contribution in [1.29, 1.82) is 0 Å². The van der Waals surface area contributed by atoms with E-state index in [1.165, 1.54) is 0 Å². The zero-order valence-electron chi connectivity index (χ0n) is 18.6. The van der Waals surface area contributed by atoms with Gasteiger partial charge in [-0.1, -0.05) is 54.4 Å². The SMILES string of the molecule is CC[C@@]12CC[C@@H](c3ccc(-c4ccn(C)n4)cc3Cl)[C@H](c3ccc(Cl)cc3)[C@@H]1C(O)NC2=O. The van der Waals surface area contributed by atoms with Crippen LogP contribution >= 0.6 is 23.2 Å². The molecular formula is C26H27Cl2N3O2. The molecule has 0 spiro atoms. The maximum absolute atomic E-state index is 13.0. The highest BCUT2D eigenvalue weighted by Gasteiger charge is 2.60. The number of amides is 1. The molecule has 172 valence electrons. The fraction of sp³-hybridized carbons (Fsp3) is 0.385. The van der Waals surface area contributed by atoms with Crippen molar-refractivity contribution in [2.75, 3.05) is 0 Å². The van der Waals surface area contributed by atoms with Crippen LogP contribution in [0.5, 0.6) is 0 Å². The first kappa shape index (κ1) is 22.5. The topological polar surface area (TPSA) is 67.2 Å². The molecule has 33 heavy (non-hydrogen) atoms. The number of aliphatic hydroxyl groups excluding tert-OH is 1. The molecule has 1 aromatic heterocycles. The second-order valence-electron chi connectivity index (χ2n) is 9.29. The third-order valence-corrected chi connectivity index (χ3v) is 8.31. The van der Waals surface area contributed by atoms with Crippen LogP contribution in [-0.4, -0.2) is 27.0 Å². The first-order chi connectivity index (χ1) is 15.8. The molecule has 1 unspecified atom stereocenters. The van der Waals surface area contributed by atoms with Crippen LogP contribution in [0, 0.1) is 11.3 Å². The van der Waals surface area contributed by atoms with Crippen LogP contribution in [-0.2, 0) is 11.8 Å². The number of fused-ring (bicyclic) bond motifs is 1. The third-order valence-electron chi connectivity index (χ3n) is 7.73. The fourth-order valence-electron chi connectivity index (χ4n) is 6.09. The Bertz CT molecular complexity index is 1190. The Hall–Kier alpha value is -2.34. The molecule has 1 saturated carbocycles. The van der Waals surface area contributed by atoms with Crippen LogP contribution in [0.1, 0.15) is 49.1 Å². The van der Waals surface area contributed by atoms with Crippen LogP contribution in [0.15, 0.2) is 54.7 Å². The molecule has 2 N–H and O–H groups in total. The van der Waals surface area contributed by atoms with Gasteiger partial charge in [0.1, 0.15) is 6.23 Å². The molecule has 0 bridgehead atoms. The van der Waals surface area contributed by atoms with Crippen LogP contribution in [0.4, 0.5) is 0 Å². The molecule has 2 heterocycles. The second kappa shape index (κ2) is 8.46. The van der Waals surface area contributed by atoms with Crippen LogP contribution in [0.25, 0.3) is 11.3 Å². The summed E-state index contributed by atoms with van der Waals surface area (Å²) in [6.07, 6.45) is 3.21. The van der Waals surface area contributed by atoms with Gasteiger partial charge >= 0.3 is 0 Å². The molecule has 1 amide bonds. The molecule has 5 nitrogen and oxygen atoms in total. The smallest absolute Gasteiger partial charge is 0.228 e. The van der Waals surface area contributed by atoms with Gasteiger partial charge in [0, 0.05) is 34.8 Å². The Morgan fingerprint density at radius 2 is 1.94 bits per heavy atom. The summed E-state index contributed by atoms with van der Waals surface area (Å²) in [5, 5.41) is 19.7. The predicted octanol–water partition coefficient (Wildman–Crippen LogP) is 5.52. The van der Waals surface area contributed by atoms with E-state index in [2.05, 4.69) is 22.5 Å². The van der Waals surface area contributed by atoms with Crippen molar-refractivity contribution in [3.63, 3.8) is 0 Å². The number of benzene rings is 2. The first-order valence-electron chi connectivity index (χ1n) is 11.4. The Balaban J connectivity index is 1.60. The molecule has 2 fully saturated rings. The van der Waals surface area contributed by atoms with Crippen molar-refractivity contribution in [2.45, 2.75) is 44.2 Å². The molecule has 5 rings (SSSR count). The highest BCUT2D eigenvalue weighted by molar-refractivity contribution is 6.31. The summed E-state index contributed by atoms with van der Waals surface area (Å²) in [4.78, 5) is 13.0. The molecule has 0 radical (unpaired) electrons. The van der Waals surface area contributed by atoms with E-state index in [0.29, 0.717) is 22.9 Å². The fourth-order valence-corrected chi connectivity index (χ4v) is 6.53. The minimum Gasteiger partial charge on any atom is -0.373 e. The van der Waals surface area contributed by atoms with E-state index >= 15 is 0 Å². The standard InChI is InChI=1S/C26H27Cl2N3O2/c1-3-26-12-10-19(18-9-6-16(14-20(18)28)21-11-13-31(2)30-21)22(15-4-7-17(27)8-5-15)23(26)24(32)29-25(26)33/h4-9,11,13-14,19,22-24,32H,3,10,12H2,1-2H3,(H,29,33)/t19-,22-,23+,24?,26+/m0/s1. The van der Waals surface area contributed by atoms with Gasteiger partial charge in [-0.25, -0.2) is 0 Å². The van der Waals surface area contributed by atoms with Crippen LogP contribution < -0.4 is 5.32 Å². The zero-order chi connectivity index (χ0) is 23.3. The van der Waals surface area contributed by atoms with Crippen molar-refractivity contribution >= 4 is 29.1 Å². The summed E-state index contributed by atoms with van der Waals surface area (Å²) >= 11 is 13.1. The Morgan fingerprint density at radius 1 is 1.18 bits per heavy atom. The van der Waals surface area contributed by atoms with Gasteiger partial charge in [0.05, 0.1) is 11.1 Å². The maximum Gasteiger partial charge on any atom is 0.228 e. The number of hydrogen-bond donors (Lipinski definition) is 2. The van der Waals surface area contributed by atoms with Gasteiger partial charge < -0.3 is 10.4 Å². The van der Waals surface area contributed by atoms with Gasteiger partial charge in [-0.15, -0.1) is 0 Å². The molecule has 1 aliphatic carbocycles. The van der Waals surface area contributed by atoms with Gasteiger partial charge in [0.15, 0.2) is 0 Å². The molecule has 7 heteroatoms. The first-order valence-corrected chi connectivity index (χ1v) is 12.1. The van der Waals surface area contributed by atoms with E-state index < -0.39 is 11.6 Å². The maximum atomic E-state index is 13.0. The summed E-state index contributed by atoms with van der Waals surface area (Å²) in [7, 11) is 1.89. The quantitative estimate of drug-likeness (QED) is 0.513. The van der Waals surface area contributed by atoms with Crippen molar-refractivity contribution in [1.82, 2.24) is 15.1 Å². The molecule has 2 aliphatic rings. The minimum absolute atomic E-state index is 0.0449. The monoisotopic (exact) mass is 483 g/mol. The lowest BCUT2D eigenvalue weighted by Gasteiger charge is -2.47. The summed E-state index contributed by atoms with van der Waals surface area (Å²) in [6, 6.07) is 15.8. The zero-order valence-corrected chi connectivity index (χ0v) is 20.1. The van der Waals surface area contributed by atoms with E-state index in [0.717, 1.165) is 28.8 Å². The third kappa shape index (κ3) is 3.67. The van der Waals surface area contributed by atoms with Crippen LogP contribution in [0.2, 0.25) is 10.0 Å². The van der Waals surface area contributed by atoms with Gasteiger partial charge in [-0.2, -0.15) is 5.10 Å². The van der Waals surface area contributed by atoms with E-state index in [1.807, 2.05) is 56.6 Å². The molecule has 3 aromatic rings. The number of aryl methyl sites for hydroxylation is 1. The lowest BCUT2D eigenvalue weighted by Crippen LogP contribution is -2.44. The molecule has 1 saturated heterocycles. The van der Waals surface area contributed by atoms with E-state index in [4.69, 9.17) is 23.2 Å². The summed E-state index contributed by atoms with van der Waals surface area (Å²) in [6.45, 7) is 2.04. The summed E-state index contributed by atoms with van der Waals surface area (Å²) in [5.41, 5.74) is 3.35. The largest absolute Gasteiger partial charge is 0.373 e. The number of halogens is 2. The van der Waals surface area contributed by atoms with Gasteiger partial charge in [-0.3, -0.25) is 9.48 Å². The average molecular weight is 484 g/mol. The molecule has 1 aliphatic heterocycles. The molecular weight excluding hydrogens is 457 g/mol. The lowest BCUT2D eigenvalue weighted by molar-refractivity contribution is -0.131. The Labute approximate surface area is 203 Å². The number of nitrogens with zero attached hydrogens (tertiary/aromatic N) is 2. The second-order valence-corrected chi connectivity index (χ2v) is 10.1. The molecule has 5 atom stereocenters. The van der Waals surface area contributed by atoms with Gasteiger partial charge in [0.2, 0.25) is 5.91 Å². The van der Waals surface area contributed by atoms with Crippen molar-refractivity contribution in [2.24, 2.45) is 18.4 Å². The average Bonchev–Trinajstić information content (AvgIpc) is 3.35. The number of hydrogen-bond acceptors (Lipinski definition) is 3. The van der Waals surface area contributed by atoms with Crippen molar-refractivity contribution < 1.29 is 9.90 Å². The number of rotatable bonds is 4. The molecule has 2 aromatic carbocycles. The Kier molecular flexibility index (Phi) is 5.76. The van der Waals surface area contributed by atoms with Crippen LogP contribution in [0.3, 0.4) is 0 Å². The van der Waals surface area contributed by atoms with E-state index in [-0.39, 0.29) is 23.7 Å². The summed E-state index contributed by atoms with van der Waals surface area (Å²) < 4.78 is 1.77. The predicted molar refractivity (Wildman–Crippen MR) is 130 cm³/mol. The number of carbonyl (C=O) groups is 1. The lowest BCUT2D eigenvalue weighted by atomic mass is 9.55. The van der Waals surface area contributed by atoms with Crippen molar-refractivity contribution in [3.8, 4) is 11.3 Å². The van der Waals surface area contributed by atoms with E-state index in [1.54, 1.807) is 4.68 Å². The van der Waals surface area contributed by atoms with Gasteiger partial charge in [-0.05, 0) is 66.5 Å². The van der Waals surface area contributed by atoms with Gasteiger partial charge in [0.25, 0.3) is 0 Å². The number of aromatic nitrogens is 2. The highest BCUT2D eigenvalue weighted by Crippen LogP contribution is 2.60. The minimum atomic E-state index is -0.896.